The molecule has 0 unspecified atom stereocenters. The molecule has 3 aromatic rings. The van der Waals surface area contributed by atoms with Gasteiger partial charge in [0.05, 0.1) is 21.2 Å². The summed E-state index contributed by atoms with van der Waals surface area (Å²) in [6.45, 7) is -0.314. The second kappa shape index (κ2) is 10.2. The summed E-state index contributed by atoms with van der Waals surface area (Å²) >= 11 is 6.23. The largest absolute Gasteiger partial charge is 0.482 e. The fourth-order valence-corrected chi connectivity index (χ4v) is 3.68. The Hall–Kier alpha value is -3.87. The van der Waals surface area contributed by atoms with E-state index in [0.29, 0.717) is 17.0 Å². The molecule has 0 heterocycles. The van der Waals surface area contributed by atoms with Crippen molar-refractivity contribution in [1.29, 1.82) is 5.26 Å². The molecule has 0 aliphatic carbocycles. The van der Waals surface area contributed by atoms with Crippen LogP contribution in [0.1, 0.15) is 15.9 Å². The third-order valence-electron chi connectivity index (χ3n) is 4.39. The summed E-state index contributed by atoms with van der Waals surface area (Å²) in [4.78, 5) is 24.7. The molecule has 0 fully saturated rings. The predicted octanol–water partition coefficient (Wildman–Crippen LogP) is 3.88. The molecule has 0 saturated heterocycles. The highest BCUT2D eigenvalue weighted by Gasteiger charge is 2.14. The molecule has 0 aliphatic rings. The first-order chi connectivity index (χ1) is 15.7. The van der Waals surface area contributed by atoms with Crippen molar-refractivity contribution in [2.24, 2.45) is 0 Å². The number of hydrogen-bond donors (Lipinski definition) is 2. The Kier molecular flexibility index (Phi) is 7.33. The smallest absolute Gasteiger partial charge is 0.262 e. The zero-order chi connectivity index (χ0) is 24.0. The molecule has 0 radical (unpaired) electrons. The van der Waals surface area contributed by atoms with Crippen LogP contribution in [0.5, 0.6) is 5.75 Å². The molecule has 0 aromatic heterocycles. The van der Waals surface area contributed by atoms with Gasteiger partial charge in [0.1, 0.15) is 11.8 Å². The maximum atomic E-state index is 12.5. The second-order valence-electron chi connectivity index (χ2n) is 6.89. The topological polar surface area (TPSA) is 125 Å². The molecule has 168 valence electrons. The van der Waals surface area contributed by atoms with E-state index in [1.165, 1.54) is 42.5 Å². The number of anilines is 2. The molecule has 2 amide bonds. The normalized spacial score (nSPS) is 10.7. The first-order valence-electron chi connectivity index (χ1n) is 9.50. The van der Waals surface area contributed by atoms with Crippen LogP contribution in [0, 0.1) is 11.3 Å². The molecule has 2 N–H and O–H groups in total. The van der Waals surface area contributed by atoms with Gasteiger partial charge in [0.2, 0.25) is 0 Å². The van der Waals surface area contributed by atoms with Gasteiger partial charge in [0, 0.05) is 17.5 Å². The quantitative estimate of drug-likeness (QED) is 0.525. The van der Waals surface area contributed by atoms with Crippen molar-refractivity contribution < 1.29 is 22.7 Å². The molecule has 0 bridgehead atoms. The zero-order valence-electron chi connectivity index (χ0n) is 17.3. The SMILES string of the molecule is CS(=O)(=O)c1cccc(C(=O)Nc2ccc(NC(=O)COc3ccccc3C#N)cc2Cl)c1. The fourth-order valence-electron chi connectivity index (χ4n) is 2.78. The van der Waals surface area contributed by atoms with Gasteiger partial charge in [-0.25, -0.2) is 8.42 Å². The van der Waals surface area contributed by atoms with Gasteiger partial charge in [-0.2, -0.15) is 5.26 Å². The monoisotopic (exact) mass is 483 g/mol. The van der Waals surface area contributed by atoms with Crippen LogP contribution >= 0.6 is 11.6 Å². The number of benzene rings is 3. The molecular formula is C23H18ClN3O5S. The number of nitrogens with one attached hydrogen (secondary N) is 2. The lowest BCUT2D eigenvalue weighted by atomic mass is 10.2. The second-order valence-corrected chi connectivity index (χ2v) is 9.32. The van der Waals surface area contributed by atoms with E-state index in [1.54, 1.807) is 24.3 Å². The van der Waals surface area contributed by atoms with E-state index >= 15 is 0 Å². The molecule has 10 heteroatoms. The van der Waals surface area contributed by atoms with E-state index in [0.717, 1.165) is 6.26 Å². The van der Waals surface area contributed by atoms with Crippen LogP contribution in [0.2, 0.25) is 5.02 Å². The Balaban J connectivity index is 1.63. The Morgan fingerprint density at radius 2 is 1.79 bits per heavy atom. The van der Waals surface area contributed by atoms with Crippen molar-refractivity contribution in [3.05, 3.63) is 82.9 Å². The van der Waals surface area contributed by atoms with Gasteiger partial charge in [-0.15, -0.1) is 0 Å². The number of hydrogen-bond acceptors (Lipinski definition) is 6. The number of para-hydroxylation sites is 1. The van der Waals surface area contributed by atoms with E-state index in [9.17, 15) is 18.0 Å². The highest BCUT2D eigenvalue weighted by Crippen LogP contribution is 2.26. The lowest BCUT2D eigenvalue weighted by Gasteiger charge is -2.11. The third kappa shape index (κ3) is 6.32. The summed E-state index contributed by atoms with van der Waals surface area (Å²) < 4.78 is 28.8. The number of nitrogens with zero attached hydrogens (tertiary/aromatic N) is 1. The maximum Gasteiger partial charge on any atom is 0.262 e. The van der Waals surface area contributed by atoms with Gasteiger partial charge < -0.3 is 15.4 Å². The number of carbonyl (C=O) groups excluding carboxylic acids is 2. The van der Waals surface area contributed by atoms with Crippen molar-refractivity contribution in [3.8, 4) is 11.8 Å². The number of halogens is 1. The van der Waals surface area contributed by atoms with Gasteiger partial charge in [-0.3, -0.25) is 9.59 Å². The average Bonchev–Trinajstić information content (AvgIpc) is 2.79. The molecule has 0 atom stereocenters. The molecule has 0 saturated carbocycles. The van der Waals surface area contributed by atoms with Gasteiger partial charge in [-0.05, 0) is 48.5 Å². The molecular weight excluding hydrogens is 466 g/mol. The summed E-state index contributed by atoms with van der Waals surface area (Å²) in [5.41, 5.74) is 1.12. The van der Waals surface area contributed by atoms with Crippen LogP contribution < -0.4 is 15.4 Å². The first-order valence-corrected chi connectivity index (χ1v) is 11.8. The molecule has 8 nitrogen and oxygen atoms in total. The van der Waals surface area contributed by atoms with Crippen LogP contribution in [-0.2, 0) is 14.6 Å². The minimum Gasteiger partial charge on any atom is -0.482 e. The Morgan fingerprint density at radius 3 is 2.48 bits per heavy atom. The minimum absolute atomic E-state index is 0.0268. The van der Waals surface area contributed by atoms with Crippen molar-refractivity contribution in [3.63, 3.8) is 0 Å². The molecule has 33 heavy (non-hydrogen) atoms. The Morgan fingerprint density at radius 1 is 1.03 bits per heavy atom. The highest BCUT2D eigenvalue weighted by molar-refractivity contribution is 7.90. The molecule has 0 spiro atoms. The van der Waals surface area contributed by atoms with Gasteiger partial charge in [0.15, 0.2) is 16.4 Å². The minimum atomic E-state index is -3.46. The lowest BCUT2D eigenvalue weighted by molar-refractivity contribution is -0.118. The van der Waals surface area contributed by atoms with Crippen LogP contribution in [0.15, 0.2) is 71.6 Å². The van der Waals surface area contributed by atoms with Crippen LogP contribution in [0.4, 0.5) is 11.4 Å². The Bertz CT molecular complexity index is 1370. The maximum absolute atomic E-state index is 12.5. The Labute approximate surface area is 195 Å². The van der Waals surface area contributed by atoms with Crippen molar-refractivity contribution >= 4 is 44.6 Å². The number of sulfone groups is 1. The number of nitriles is 1. The molecule has 3 aromatic carbocycles. The first kappa shape index (κ1) is 23.8. The number of rotatable bonds is 7. The van der Waals surface area contributed by atoms with E-state index in [-0.39, 0.29) is 27.8 Å². The summed E-state index contributed by atoms with van der Waals surface area (Å²) in [7, 11) is -3.46. The fraction of sp³-hybridized carbons (Fsp3) is 0.0870. The molecule has 0 aliphatic heterocycles. The molecule has 3 rings (SSSR count). The lowest BCUT2D eigenvalue weighted by Crippen LogP contribution is -2.20. The number of carbonyl (C=O) groups is 2. The highest BCUT2D eigenvalue weighted by atomic mass is 35.5. The van der Waals surface area contributed by atoms with Crippen LogP contribution in [0.25, 0.3) is 0 Å². The standard InChI is InChI=1S/C23H18ClN3O5S/c1-33(30,31)18-7-4-6-15(11-18)23(29)27-20-10-9-17(12-19(20)24)26-22(28)14-32-21-8-3-2-5-16(21)13-25/h2-12H,14H2,1H3,(H,26,28)(H,27,29). The van der Waals surface area contributed by atoms with Crippen molar-refractivity contribution in [2.75, 3.05) is 23.5 Å². The van der Waals surface area contributed by atoms with E-state index in [2.05, 4.69) is 10.6 Å². The average molecular weight is 484 g/mol. The van der Waals surface area contributed by atoms with Crippen molar-refractivity contribution in [2.45, 2.75) is 4.90 Å². The predicted molar refractivity (Wildman–Crippen MR) is 124 cm³/mol. The number of ether oxygens (including phenoxy) is 1. The summed E-state index contributed by atoms with van der Waals surface area (Å²) in [6.07, 6.45) is 1.06. The van der Waals surface area contributed by atoms with Gasteiger partial charge in [-0.1, -0.05) is 29.8 Å². The van der Waals surface area contributed by atoms with E-state index < -0.39 is 21.7 Å². The van der Waals surface area contributed by atoms with E-state index in [1.807, 2.05) is 6.07 Å². The number of amides is 2. The van der Waals surface area contributed by atoms with E-state index in [4.69, 9.17) is 21.6 Å². The van der Waals surface area contributed by atoms with Crippen LogP contribution in [0.3, 0.4) is 0 Å². The van der Waals surface area contributed by atoms with Crippen LogP contribution in [-0.4, -0.2) is 33.1 Å². The third-order valence-corrected chi connectivity index (χ3v) is 5.81. The summed E-state index contributed by atoms with van der Waals surface area (Å²) in [5.74, 6) is -0.705. The van der Waals surface area contributed by atoms with Crippen molar-refractivity contribution in [1.82, 2.24) is 0 Å². The zero-order valence-corrected chi connectivity index (χ0v) is 18.9. The summed E-state index contributed by atoms with van der Waals surface area (Å²) in [5, 5.41) is 14.4. The van der Waals surface area contributed by atoms with Gasteiger partial charge in [0.25, 0.3) is 11.8 Å². The van der Waals surface area contributed by atoms with Gasteiger partial charge >= 0.3 is 0 Å². The summed E-state index contributed by atoms with van der Waals surface area (Å²) in [6, 6.07) is 18.7.